The number of carbonyl (C=O) groups excluding carboxylic acids is 1. The second-order valence-corrected chi connectivity index (χ2v) is 7.81. The van der Waals surface area contributed by atoms with Crippen LogP contribution in [0.25, 0.3) is 0 Å². The minimum absolute atomic E-state index is 0.123. The van der Waals surface area contributed by atoms with Crippen LogP contribution in [-0.2, 0) is 11.3 Å². The molecule has 24 heavy (non-hydrogen) atoms. The average molecular weight is 327 g/mol. The quantitative estimate of drug-likeness (QED) is 0.902. The maximum atomic E-state index is 11.9. The molecule has 0 aliphatic carbocycles. The molecule has 1 aliphatic heterocycles. The van der Waals surface area contributed by atoms with Gasteiger partial charge in [-0.15, -0.1) is 0 Å². The van der Waals surface area contributed by atoms with Gasteiger partial charge in [0, 0.05) is 25.0 Å². The van der Waals surface area contributed by atoms with Crippen LogP contribution in [0.4, 0.5) is 0 Å². The van der Waals surface area contributed by atoms with Crippen LogP contribution in [0.15, 0.2) is 24.3 Å². The standard InChI is InChI=1S/C20H29N3O/c1-20(2,3)19(24)22-11-10-16-7-6-12-23(14-16)15-18-9-5-4-8-17(18)13-21/h4-5,8-9,16H,6-7,10-12,14-15H2,1-3H3,(H,22,24)/t16-/m0/s1. The minimum atomic E-state index is -0.320. The fraction of sp³-hybridized carbons (Fsp3) is 0.600. The molecule has 0 saturated carbocycles. The zero-order valence-corrected chi connectivity index (χ0v) is 15.1. The summed E-state index contributed by atoms with van der Waals surface area (Å²) in [7, 11) is 0. The Morgan fingerprint density at radius 3 is 2.83 bits per heavy atom. The lowest BCUT2D eigenvalue weighted by Crippen LogP contribution is -2.39. The predicted molar refractivity (Wildman–Crippen MR) is 96.2 cm³/mol. The van der Waals surface area contributed by atoms with E-state index in [1.54, 1.807) is 0 Å². The summed E-state index contributed by atoms with van der Waals surface area (Å²) in [5.41, 5.74) is 1.57. The van der Waals surface area contributed by atoms with Crippen molar-refractivity contribution in [3.05, 3.63) is 35.4 Å². The van der Waals surface area contributed by atoms with Gasteiger partial charge in [-0.05, 0) is 43.4 Å². The molecule has 2 rings (SSSR count). The Hall–Kier alpha value is -1.86. The van der Waals surface area contributed by atoms with Crippen molar-refractivity contribution in [2.45, 2.75) is 46.6 Å². The number of nitrogens with zero attached hydrogens (tertiary/aromatic N) is 2. The molecule has 0 radical (unpaired) electrons. The minimum Gasteiger partial charge on any atom is -0.356 e. The molecular weight excluding hydrogens is 298 g/mol. The zero-order valence-electron chi connectivity index (χ0n) is 15.1. The zero-order chi connectivity index (χ0) is 17.6. The molecule has 1 heterocycles. The lowest BCUT2D eigenvalue weighted by Gasteiger charge is -2.33. The molecule has 130 valence electrons. The summed E-state index contributed by atoms with van der Waals surface area (Å²) in [6.45, 7) is 9.56. The van der Waals surface area contributed by atoms with Gasteiger partial charge >= 0.3 is 0 Å². The number of likely N-dealkylation sites (tertiary alicyclic amines) is 1. The highest BCUT2D eigenvalue weighted by Gasteiger charge is 2.23. The highest BCUT2D eigenvalue weighted by Crippen LogP contribution is 2.22. The van der Waals surface area contributed by atoms with Crippen molar-refractivity contribution < 1.29 is 4.79 Å². The third-order valence-electron chi connectivity index (χ3n) is 4.65. The Balaban J connectivity index is 1.82. The molecule has 1 aromatic carbocycles. The second kappa shape index (κ2) is 8.30. The largest absolute Gasteiger partial charge is 0.356 e. The Bertz CT molecular complexity index is 598. The van der Waals surface area contributed by atoms with Gasteiger partial charge in [0.2, 0.25) is 5.91 Å². The molecule has 0 bridgehead atoms. The molecule has 1 atom stereocenters. The van der Waals surface area contributed by atoms with Crippen LogP contribution < -0.4 is 5.32 Å². The summed E-state index contributed by atoms with van der Waals surface area (Å²) in [6.07, 6.45) is 3.44. The van der Waals surface area contributed by atoms with Crippen LogP contribution in [0, 0.1) is 22.7 Å². The summed E-state index contributed by atoms with van der Waals surface area (Å²) in [6, 6.07) is 10.1. The number of nitrogens with one attached hydrogen (secondary N) is 1. The molecule has 1 amide bonds. The van der Waals surface area contributed by atoms with Crippen LogP contribution in [0.1, 0.15) is 51.2 Å². The van der Waals surface area contributed by atoms with E-state index in [-0.39, 0.29) is 11.3 Å². The van der Waals surface area contributed by atoms with Gasteiger partial charge in [0.05, 0.1) is 11.6 Å². The maximum absolute atomic E-state index is 11.9. The first-order valence-electron chi connectivity index (χ1n) is 8.89. The van der Waals surface area contributed by atoms with Crippen LogP contribution in [-0.4, -0.2) is 30.4 Å². The summed E-state index contributed by atoms with van der Waals surface area (Å²) < 4.78 is 0. The summed E-state index contributed by atoms with van der Waals surface area (Å²) >= 11 is 0. The van der Waals surface area contributed by atoms with Crippen molar-refractivity contribution in [2.24, 2.45) is 11.3 Å². The van der Waals surface area contributed by atoms with Crippen molar-refractivity contribution in [3.8, 4) is 6.07 Å². The van der Waals surface area contributed by atoms with Gasteiger partial charge in [-0.25, -0.2) is 0 Å². The van der Waals surface area contributed by atoms with E-state index in [1.807, 2.05) is 45.0 Å². The van der Waals surface area contributed by atoms with Crippen LogP contribution in [0.2, 0.25) is 0 Å². The Morgan fingerprint density at radius 2 is 2.12 bits per heavy atom. The average Bonchev–Trinajstić information content (AvgIpc) is 2.55. The normalized spacial score (nSPS) is 18.8. The molecule has 1 aliphatic rings. The molecule has 4 nitrogen and oxygen atoms in total. The topological polar surface area (TPSA) is 56.1 Å². The van der Waals surface area contributed by atoms with Gasteiger partial charge in [0.1, 0.15) is 0 Å². The first kappa shape index (κ1) is 18.5. The van der Waals surface area contributed by atoms with Gasteiger partial charge in [-0.2, -0.15) is 5.26 Å². The monoisotopic (exact) mass is 327 g/mol. The van der Waals surface area contributed by atoms with Crippen LogP contribution >= 0.6 is 0 Å². The first-order chi connectivity index (χ1) is 11.4. The van der Waals surface area contributed by atoms with Crippen molar-refractivity contribution >= 4 is 5.91 Å². The molecule has 1 fully saturated rings. The SMILES string of the molecule is CC(C)(C)C(=O)NCC[C@@H]1CCCN(Cc2ccccc2C#N)C1. The highest BCUT2D eigenvalue weighted by atomic mass is 16.2. The van der Waals surface area contributed by atoms with E-state index in [0.717, 1.165) is 43.7 Å². The Morgan fingerprint density at radius 1 is 1.38 bits per heavy atom. The summed E-state index contributed by atoms with van der Waals surface area (Å²) in [4.78, 5) is 14.4. The second-order valence-electron chi connectivity index (χ2n) is 7.81. The van der Waals surface area contributed by atoms with Gasteiger partial charge in [-0.1, -0.05) is 39.0 Å². The fourth-order valence-electron chi connectivity index (χ4n) is 3.19. The van der Waals surface area contributed by atoms with Gasteiger partial charge < -0.3 is 5.32 Å². The molecule has 1 aromatic rings. The smallest absolute Gasteiger partial charge is 0.225 e. The van der Waals surface area contributed by atoms with E-state index in [9.17, 15) is 10.1 Å². The predicted octanol–water partition coefficient (Wildman–Crippen LogP) is 3.32. The number of piperidine rings is 1. The molecule has 0 unspecified atom stereocenters. The van der Waals surface area contributed by atoms with Gasteiger partial charge in [-0.3, -0.25) is 9.69 Å². The van der Waals surface area contributed by atoms with Crippen molar-refractivity contribution in [3.63, 3.8) is 0 Å². The van der Waals surface area contributed by atoms with E-state index >= 15 is 0 Å². The van der Waals surface area contributed by atoms with Crippen molar-refractivity contribution in [1.29, 1.82) is 5.26 Å². The molecule has 0 spiro atoms. The van der Waals surface area contributed by atoms with Crippen LogP contribution in [0.5, 0.6) is 0 Å². The number of amides is 1. The molecule has 1 saturated heterocycles. The van der Waals surface area contributed by atoms with E-state index in [2.05, 4.69) is 16.3 Å². The van der Waals surface area contributed by atoms with Gasteiger partial charge in [0.15, 0.2) is 0 Å². The maximum Gasteiger partial charge on any atom is 0.225 e. The molecule has 4 heteroatoms. The van der Waals surface area contributed by atoms with E-state index < -0.39 is 0 Å². The number of nitriles is 1. The van der Waals surface area contributed by atoms with Crippen molar-refractivity contribution in [2.75, 3.05) is 19.6 Å². The molecule has 0 aromatic heterocycles. The molecular formula is C20H29N3O. The van der Waals surface area contributed by atoms with E-state index in [0.29, 0.717) is 5.92 Å². The Kier molecular flexibility index (Phi) is 6.39. The van der Waals surface area contributed by atoms with Gasteiger partial charge in [0.25, 0.3) is 0 Å². The molecule has 1 N–H and O–H groups in total. The number of hydrogen-bond donors (Lipinski definition) is 1. The summed E-state index contributed by atoms with van der Waals surface area (Å²) in [5.74, 6) is 0.742. The fourth-order valence-corrected chi connectivity index (χ4v) is 3.19. The Labute approximate surface area is 145 Å². The first-order valence-corrected chi connectivity index (χ1v) is 8.89. The number of rotatable bonds is 5. The lowest BCUT2D eigenvalue weighted by atomic mass is 9.93. The number of hydrogen-bond acceptors (Lipinski definition) is 3. The van der Waals surface area contributed by atoms with Crippen LogP contribution in [0.3, 0.4) is 0 Å². The third-order valence-corrected chi connectivity index (χ3v) is 4.65. The highest BCUT2D eigenvalue weighted by molar-refractivity contribution is 5.81. The lowest BCUT2D eigenvalue weighted by molar-refractivity contribution is -0.128. The van der Waals surface area contributed by atoms with Crippen molar-refractivity contribution in [1.82, 2.24) is 10.2 Å². The van der Waals surface area contributed by atoms with E-state index in [4.69, 9.17) is 0 Å². The summed E-state index contributed by atoms with van der Waals surface area (Å²) in [5, 5.41) is 12.3. The van der Waals surface area contributed by atoms with E-state index in [1.165, 1.54) is 12.8 Å². The number of benzene rings is 1. The number of carbonyl (C=O) groups is 1. The third kappa shape index (κ3) is 5.35.